The van der Waals surface area contributed by atoms with Crippen molar-refractivity contribution >= 4 is 12.0 Å². The number of ether oxygens (including phenoxy) is 5. The largest absolute Gasteiger partial charge is 0.444 e. The van der Waals surface area contributed by atoms with Gasteiger partial charge in [0, 0.05) is 0 Å². The Morgan fingerprint density at radius 2 is 1.28 bits per heavy atom. The van der Waals surface area contributed by atoms with Gasteiger partial charge < -0.3 is 39.4 Å². The lowest BCUT2D eigenvalue weighted by molar-refractivity contribution is -0.278. The fourth-order valence-electron chi connectivity index (χ4n) is 5.23. The number of benzene rings is 3. The summed E-state index contributed by atoms with van der Waals surface area (Å²) in [5.74, 6) is -0.815. The molecule has 0 aromatic heterocycles. The van der Waals surface area contributed by atoms with Gasteiger partial charge in [-0.2, -0.15) is 0 Å². The van der Waals surface area contributed by atoms with E-state index in [0.29, 0.717) is 6.61 Å². The molecule has 47 heavy (non-hydrogen) atoms. The van der Waals surface area contributed by atoms with Gasteiger partial charge in [0.05, 0.1) is 26.4 Å². The van der Waals surface area contributed by atoms with Gasteiger partial charge in [0.1, 0.15) is 36.0 Å². The number of aliphatic hydroxyl groups excluding tert-OH is 1. The Hall–Kier alpha value is -3.80. The first-order valence-corrected chi connectivity index (χ1v) is 16.1. The van der Waals surface area contributed by atoms with Crippen LogP contribution in [0.15, 0.2) is 91.0 Å². The van der Waals surface area contributed by atoms with E-state index in [4.69, 9.17) is 23.7 Å². The molecule has 0 aliphatic carbocycles. The lowest BCUT2D eigenvalue weighted by Crippen LogP contribution is -2.67. The Balaban J connectivity index is 1.59. The highest BCUT2D eigenvalue weighted by atomic mass is 16.7. The Morgan fingerprint density at radius 1 is 0.787 bits per heavy atom. The van der Waals surface area contributed by atoms with Crippen LogP contribution in [0.2, 0.25) is 0 Å². The molecule has 6 atom stereocenters. The summed E-state index contributed by atoms with van der Waals surface area (Å²) in [7, 11) is 0. The van der Waals surface area contributed by atoms with Gasteiger partial charge in [-0.3, -0.25) is 4.79 Å². The Kier molecular flexibility index (Phi) is 13.3. The second-order valence-corrected chi connectivity index (χ2v) is 13.0. The van der Waals surface area contributed by atoms with E-state index in [0.717, 1.165) is 16.7 Å². The Morgan fingerprint density at radius 3 is 1.77 bits per heavy atom. The number of alkyl carbamates (subject to hydrolysis) is 1. The van der Waals surface area contributed by atoms with Crippen LogP contribution in [0.4, 0.5) is 4.79 Å². The third kappa shape index (κ3) is 11.4. The number of rotatable bonds is 14. The Labute approximate surface area is 277 Å². The molecule has 10 heteroatoms. The molecule has 0 saturated carbocycles. The molecular formula is C37H48N2O8. The van der Waals surface area contributed by atoms with E-state index >= 15 is 0 Å². The monoisotopic (exact) mass is 648 g/mol. The van der Waals surface area contributed by atoms with E-state index < -0.39 is 54.3 Å². The van der Waals surface area contributed by atoms with Crippen LogP contribution in [0, 0.1) is 5.92 Å². The zero-order valence-electron chi connectivity index (χ0n) is 27.8. The average molecular weight is 649 g/mol. The number of nitrogens with one attached hydrogen (secondary N) is 2. The van der Waals surface area contributed by atoms with Gasteiger partial charge in [0.2, 0.25) is 5.91 Å². The maximum atomic E-state index is 13.7. The second-order valence-electron chi connectivity index (χ2n) is 13.0. The maximum Gasteiger partial charge on any atom is 0.408 e. The van der Waals surface area contributed by atoms with Crippen molar-refractivity contribution in [1.82, 2.24) is 10.6 Å². The summed E-state index contributed by atoms with van der Waals surface area (Å²) in [6.07, 6.45) is -4.52. The summed E-state index contributed by atoms with van der Waals surface area (Å²) in [4.78, 5) is 26.4. The van der Waals surface area contributed by atoms with E-state index in [1.807, 2.05) is 105 Å². The van der Waals surface area contributed by atoms with Crippen LogP contribution in [0.5, 0.6) is 0 Å². The molecule has 1 aliphatic heterocycles. The van der Waals surface area contributed by atoms with Crippen molar-refractivity contribution in [2.45, 2.75) is 96.7 Å². The maximum absolute atomic E-state index is 13.7. The molecule has 0 bridgehead atoms. The number of hydrogen-bond acceptors (Lipinski definition) is 8. The van der Waals surface area contributed by atoms with E-state index in [2.05, 4.69) is 10.6 Å². The van der Waals surface area contributed by atoms with Crippen LogP contribution in [0.1, 0.15) is 51.3 Å². The van der Waals surface area contributed by atoms with Crippen molar-refractivity contribution in [1.29, 1.82) is 0 Å². The predicted molar refractivity (Wildman–Crippen MR) is 177 cm³/mol. The summed E-state index contributed by atoms with van der Waals surface area (Å²) in [5, 5.41) is 17.0. The van der Waals surface area contributed by atoms with Crippen LogP contribution < -0.4 is 10.6 Å². The number of carbonyl (C=O) groups excluding carboxylic acids is 2. The minimum Gasteiger partial charge on any atom is -0.444 e. The molecule has 3 aromatic rings. The summed E-state index contributed by atoms with van der Waals surface area (Å²) in [6, 6.07) is 27.0. The highest BCUT2D eigenvalue weighted by molar-refractivity contribution is 5.86. The fraction of sp³-hybridized carbons (Fsp3) is 0.459. The van der Waals surface area contributed by atoms with Crippen molar-refractivity contribution in [2.24, 2.45) is 5.92 Å². The predicted octanol–water partition coefficient (Wildman–Crippen LogP) is 5.13. The molecule has 254 valence electrons. The second kappa shape index (κ2) is 17.4. The van der Waals surface area contributed by atoms with Gasteiger partial charge in [-0.15, -0.1) is 0 Å². The minimum absolute atomic E-state index is 0.103. The molecule has 0 radical (unpaired) electrons. The van der Waals surface area contributed by atoms with Crippen LogP contribution >= 0.6 is 0 Å². The third-order valence-electron chi connectivity index (χ3n) is 7.56. The first-order chi connectivity index (χ1) is 22.5. The number of amides is 2. The lowest BCUT2D eigenvalue weighted by Gasteiger charge is -2.45. The zero-order chi connectivity index (χ0) is 33.8. The highest BCUT2D eigenvalue weighted by Gasteiger charge is 2.48. The normalized spacial score (nSPS) is 22.0. The molecule has 1 fully saturated rings. The summed E-state index contributed by atoms with van der Waals surface area (Å²) < 4.78 is 30.5. The third-order valence-corrected chi connectivity index (χ3v) is 7.56. The van der Waals surface area contributed by atoms with E-state index in [-0.39, 0.29) is 25.7 Å². The van der Waals surface area contributed by atoms with Crippen LogP contribution in [-0.4, -0.2) is 66.0 Å². The van der Waals surface area contributed by atoms with E-state index in [1.165, 1.54) is 0 Å². The van der Waals surface area contributed by atoms with Crippen molar-refractivity contribution < 1.29 is 38.4 Å². The van der Waals surface area contributed by atoms with Crippen molar-refractivity contribution in [3.05, 3.63) is 108 Å². The fourth-order valence-corrected chi connectivity index (χ4v) is 5.23. The molecule has 1 heterocycles. The Bertz CT molecular complexity index is 1370. The van der Waals surface area contributed by atoms with Crippen molar-refractivity contribution in [3.8, 4) is 0 Å². The molecule has 1 saturated heterocycles. The van der Waals surface area contributed by atoms with E-state index in [1.54, 1.807) is 20.8 Å². The molecule has 10 nitrogen and oxygen atoms in total. The highest BCUT2D eigenvalue weighted by Crippen LogP contribution is 2.28. The zero-order valence-corrected chi connectivity index (χ0v) is 27.8. The topological polar surface area (TPSA) is 125 Å². The van der Waals surface area contributed by atoms with Crippen LogP contribution in [-0.2, 0) is 48.3 Å². The van der Waals surface area contributed by atoms with Crippen molar-refractivity contribution in [3.63, 3.8) is 0 Å². The lowest BCUT2D eigenvalue weighted by atomic mass is 9.95. The molecular weight excluding hydrogens is 600 g/mol. The first kappa shape index (κ1) is 36.0. The quantitative estimate of drug-likeness (QED) is 0.220. The number of carbonyl (C=O) groups is 2. The van der Waals surface area contributed by atoms with Gasteiger partial charge in [0.15, 0.2) is 6.29 Å². The summed E-state index contributed by atoms with van der Waals surface area (Å²) in [5.41, 5.74) is 2.09. The molecule has 1 aliphatic rings. The standard InChI is InChI=1S/C37H48N2O8/c1-25(2)30(39-36(42)47-37(3,4)5)34(40)38-31-33(45-23-28-19-13-8-14-20-28)32(44-22-27-17-11-7-12-18-27)29(46-35(31)41)24-43-21-26-15-9-6-10-16-26/h6-20,25,29-33,35,41H,21-24H2,1-5H3,(H,38,40)(H,39,42)/t29-,30+,31-,32-,33-,35-/m1/s1. The molecule has 4 rings (SSSR count). The minimum atomic E-state index is -1.46. The van der Waals surface area contributed by atoms with Crippen LogP contribution in [0.25, 0.3) is 0 Å². The number of aliphatic hydroxyl groups is 1. The van der Waals surface area contributed by atoms with Gasteiger partial charge in [-0.1, -0.05) is 105 Å². The molecule has 0 unspecified atom stereocenters. The summed E-state index contributed by atoms with van der Waals surface area (Å²) in [6.45, 7) is 9.73. The molecule has 3 aromatic carbocycles. The van der Waals surface area contributed by atoms with Crippen LogP contribution in [0.3, 0.4) is 0 Å². The van der Waals surface area contributed by atoms with Gasteiger partial charge in [-0.25, -0.2) is 4.79 Å². The van der Waals surface area contributed by atoms with Crippen molar-refractivity contribution in [2.75, 3.05) is 6.61 Å². The van der Waals surface area contributed by atoms with E-state index in [9.17, 15) is 14.7 Å². The molecule has 0 spiro atoms. The van der Waals surface area contributed by atoms with Gasteiger partial charge >= 0.3 is 6.09 Å². The van der Waals surface area contributed by atoms with Gasteiger partial charge in [0.25, 0.3) is 0 Å². The average Bonchev–Trinajstić information content (AvgIpc) is 3.04. The first-order valence-electron chi connectivity index (χ1n) is 16.1. The number of hydrogen-bond donors (Lipinski definition) is 3. The summed E-state index contributed by atoms with van der Waals surface area (Å²) >= 11 is 0. The SMILES string of the molecule is CC(C)[C@H](NC(=O)OC(C)(C)C)C(=O)N[C@@H]1[C@@H](OCc2ccccc2)[C@H](OCc2ccccc2)[C@@H](COCc2ccccc2)O[C@H]1O. The smallest absolute Gasteiger partial charge is 0.408 e. The molecule has 3 N–H and O–H groups in total. The van der Waals surface area contributed by atoms with Gasteiger partial charge in [-0.05, 0) is 43.4 Å². The molecule has 2 amide bonds.